The van der Waals surface area contributed by atoms with E-state index >= 15 is 0 Å². The molecule has 0 amide bonds. The van der Waals surface area contributed by atoms with Crippen LogP contribution in [0.2, 0.25) is 19.1 Å². The first-order valence-corrected chi connectivity index (χ1v) is 10.2. The molecular weight excluding hydrogens is 256 g/mol. The first-order valence-electron chi connectivity index (χ1n) is 6.95. The Morgan fingerprint density at radius 3 is 2.63 bits per heavy atom. The van der Waals surface area contributed by atoms with Crippen LogP contribution in [-0.2, 0) is 14.3 Å². The van der Waals surface area contributed by atoms with Gasteiger partial charge in [0.15, 0.2) is 0 Å². The van der Waals surface area contributed by atoms with Crippen LogP contribution in [0.15, 0.2) is 30.3 Å². The lowest BCUT2D eigenvalue weighted by Crippen LogP contribution is -2.44. The van der Waals surface area contributed by atoms with Crippen molar-refractivity contribution in [2.45, 2.75) is 50.3 Å². The summed E-state index contributed by atoms with van der Waals surface area (Å²) in [5.74, 6) is -0.104. The number of esters is 1. The van der Waals surface area contributed by atoms with Gasteiger partial charge in [-0.15, -0.1) is 0 Å². The molecule has 102 valence electrons. The number of hydrogen-bond donors (Lipinski definition) is 0. The molecule has 3 rings (SSSR count). The van der Waals surface area contributed by atoms with Crippen LogP contribution in [-0.4, -0.2) is 32.4 Å². The van der Waals surface area contributed by atoms with Crippen molar-refractivity contribution in [3.8, 4) is 0 Å². The van der Waals surface area contributed by atoms with Gasteiger partial charge in [0.05, 0.1) is 20.6 Å². The van der Waals surface area contributed by atoms with E-state index in [-0.39, 0.29) is 24.3 Å². The molecule has 0 bridgehead atoms. The highest BCUT2D eigenvalue weighted by molar-refractivity contribution is 6.89. The average molecular weight is 276 g/mol. The van der Waals surface area contributed by atoms with Crippen molar-refractivity contribution in [2.75, 3.05) is 0 Å². The Labute approximate surface area is 114 Å². The highest BCUT2D eigenvalue weighted by Gasteiger charge is 2.45. The molecule has 2 aliphatic rings. The predicted molar refractivity (Wildman–Crippen MR) is 76.1 cm³/mol. The fourth-order valence-corrected chi connectivity index (χ4v) is 5.93. The third-order valence-electron chi connectivity index (χ3n) is 4.22. The summed E-state index contributed by atoms with van der Waals surface area (Å²) in [6.07, 6.45) is 1.59. The zero-order valence-electron chi connectivity index (χ0n) is 11.5. The van der Waals surface area contributed by atoms with Crippen molar-refractivity contribution < 1.29 is 14.3 Å². The third kappa shape index (κ3) is 2.60. The van der Waals surface area contributed by atoms with Crippen molar-refractivity contribution >= 4 is 19.2 Å². The molecule has 19 heavy (non-hydrogen) atoms. The molecule has 0 aliphatic carbocycles. The Bertz CT molecular complexity index is 456. The Morgan fingerprint density at radius 1 is 1.21 bits per heavy atom. The highest BCUT2D eigenvalue weighted by atomic mass is 28.3. The van der Waals surface area contributed by atoms with E-state index in [9.17, 15) is 4.79 Å². The minimum atomic E-state index is -1.47. The number of rotatable bonds is 3. The SMILES string of the molecule is C[Si](C)(C[C@H]1C[C@H]2OC(=O)C[C@H]2O1)c1ccccc1. The second-order valence-electron chi connectivity index (χ2n) is 6.22. The van der Waals surface area contributed by atoms with Crippen molar-refractivity contribution in [1.29, 1.82) is 0 Å². The number of fused-ring (bicyclic) bond motifs is 1. The van der Waals surface area contributed by atoms with E-state index in [1.165, 1.54) is 5.19 Å². The summed E-state index contributed by atoms with van der Waals surface area (Å²) in [5, 5.41) is 1.47. The minimum absolute atomic E-state index is 0.0121. The maximum Gasteiger partial charge on any atom is 0.308 e. The Kier molecular flexibility index (Phi) is 3.23. The Morgan fingerprint density at radius 2 is 1.95 bits per heavy atom. The molecule has 2 saturated heterocycles. The molecule has 1 aromatic carbocycles. The van der Waals surface area contributed by atoms with E-state index in [4.69, 9.17) is 9.47 Å². The number of carbonyl (C=O) groups is 1. The fourth-order valence-electron chi connectivity index (χ4n) is 3.19. The molecule has 2 heterocycles. The quantitative estimate of drug-likeness (QED) is 0.626. The van der Waals surface area contributed by atoms with Gasteiger partial charge in [0, 0.05) is 6.42 Å². The molecule has 3 atom stereocenters. The summed E-state index contributed by atoms with van der Waals surface area (Å²) in [7, 11) is -1.47. The third-order valence-corrected chi connectivity index (χ3v) is 7.59. The van der Waals surface area contributed by atoms with Crippen molar-refractivity contribution in [1.82, 2.24) is 0 Å². The monoisotopic (exact) mass is 276 g/mol. The van der Waals surface area contributed by atoms with Gasteiger partial charge in [-0.3, -0.25) is 4.79 Å². The maximum atomic E-state index is 11.2. The lowest BCUT2D eigenvalue weighted by molar-refractivity contribution is -0.141. The van der Waals surface area contributed by atoms with Gasteiger partial charge < -0.3 is 9.47 Å². The Hall–Kier alpha value is -1.13. The molecular formula is C15H20O3Si. The molecule has 0 spiro atoms. The second kappa shape index (κ2) is 4.76. The van der Waals surface area contributed by atoms with Crippen molar-refractivity contribution in [3.05, 3.63) is 30.3 Å². The van der Waals surface area contributed by atoms with E-state index in [2.05, 4.69) is 43.4 Å². The van der Waals surface area contributed by atoms with Crippen LogP contribution in [0.25, 0.3) is 0 Å². The predicted octanol–water partition coefficient (Wildman–Crippen LogP) is 2.08. The van der Waals surface area contributed by atoms with Crippen LogP contribution in [0.1, 0.15) is 12.8 Å². The van der Waals surface area contributed by atoms with Crippen LogP contribution >= 0.6 is 0 Å². The molecule has 2 fully saturated rings. The van der Waals surface area contributed by atoms with E-state index < -0.39 is 8.07 Å². The van der Waals surface area contributed by atoms with Gasteiger partial charge >= 0.3 is 5.97 Å². The molecule has 2 aliphatic heterocycles. The summed E-state index contributed by atoms with van der Waals surface area (Å²) in [5.41, 5.74) is 0. The summed E-state index contributed by atoms with van der Waals surface area (Å²) < 4.78 is 11.3. The van der Waals surface area contributed by atoms with Gasteiger partial charge in [0.1, 0.15) is 12.2 Å². The van der Waals surface area contributed by atoms with Gasteiger partial charge in [-0.05, 0) is 6.04 Å². The first kappa shape index (κ1) is 12.9. The normalized spacial score (nSPS) is 30.2. The molecule has 3 nitrogen and oxygen atoms in total. The molecule has 0 saturated carbocycles. The van der Waals surface area contributed by atoms with Crippen molar-refractivity contribution in [2.24, 2.45) is 0 Å². The van der Waals surface area contributed by atoms with Crippen LogP contribution in [0.3, 0.4) is 0 Å². The summed E-state index contributed by atoms with van der Waals surface area (Å²) in [4.78, 5) is 11.2. The summed E-state index contributed by atoms with van der Waals surface area (Å²) in [6.45, 7) is 4.76. The average Bonchev–Trinajstić information content (AvgIpc) is 2.86. The van der Waals surface area contributed by atoms with Crippen LogP contribution in [0, 0.1) is 0 Å². The standard InChI is InChI=1S/C15H20O3Si/c1-19(2,12-6-4-3-5-7-12)10-11-8-13-14(17-11)9-15(16)18-13/h3-7,11,13-14H,8-10H2,1-2H3/t11-,13-,14-/m1/s1. The van der Waals surface area contributed by atoms with E-state index in [0.717, 1.165) is 12.5 Å². The smallest absolute Gasteiger partial charge is 0.308 e. The maximum absolute atomic E-state index is 11.2. The van der Waals surface area contributed by atoms with Crippen LogP contribution < -0.4 is 5.19 Å². The van der Waals surface area contributed by atoms with Gasteiger partial charge in [-0.2, -0.15) is 0 Å². The van der Waals surface area contributed by atoms with Crippen LogP contribution in [0.4, 0.5) is 0 Å². The molecule has 1 aromatic rings. The molecule has 0 radical (unpaired) electrons. The topological polar surface area (TPSA) is 35.5 Å². The lowest BCUT2D eigenvalue weighted by Gasteiger charge is -2.26. The molecule has 0 aromatic heterocycles. The first-order chi connectivity index (χ1) is 9.04. The number of benzene rings is 1. The zero-order chi connectivity index (χ0) is 13.5. The van der Waals surface area contributed by atoms with E-state index in [1.807, 2.05) is 0 Å². The Balaban J connectivity index is 1.65. The number of carbonyl (C=O) groups excluding carboxylic acids is 1. The molecule has 0 N–H and O–H groups in total. The van der Waals surface area contributed by atoms with Crippen molar-refractivity contribution in [3.63, 3.8) is 0 Å². The van der Waals surface area contributed by atoms with Crippen LogP contribution in [0.5, 0.6) is 0 Å². The van der Waals surface area contributed by atoms with Gasteiger partial charge in [-0.25, -0.2) is 0 Å². The van der Waals surface area contributed by atoms with Gasteiger partial charge in [0.25, 0.3) is 0 Å². The lowest BCUT2D eigenvalue weighted by atomic mass is 10.1. The fraction of sp³-hybridized carbons (Fsp3) is 0.533. The molecule has 4 heteroatoms. The summed E-state index contributed by atoms with van der Waals surface area (Å²) in [6, 6.07) is 11.8. The molecule has 0 unspecified atom stereocenters. The van der Waals surface area contributed by atoms with Gasteiger partial charge in [0.2, 0.25) is 0 Å². The zero-order valence-corrected chi connectivity index (χ0v) is 12.5. The highest BCUT2D eigenvalue weighted by Crippen LogP contribution is 2.34. The van der Waals surface area contributed by atoms with E-state index in [1.54, 1.807) is 0 Å². The van der Waals surface area contributed by atoms with Gasteiger partial charge in [-0.1, -0.05) is 48.6 Å². The number of ether oxygens (including phenoxy) is 2. The second-order valence-corrected chi connectivity index (χ2v) is 11.0. The largest absolute Gasteiger partial charge is 0.459 e. The summed E-state index contributed by atoms with van der Waals surface area (Å²) >= 11 is 0. The van der Waals surface area contributed by atoms with E-state index in [0.29, 0.717) is 6.42 Å². The minimum Gasteiger partial charge on any atom is -0.459 e. The number of hydrogen-bond acceptors (Lipinski definition) is 3.